The Morgan fingerprint density at radius 3 is 1.88 bits per heavy atom. The van der Waals surface area contributed by atoms with E-state index in [-0.39, 0.29) is 37.4 Å². The van der Waals surface area contributed by atoms with E-state index in [2.05, 4.69) is 0 Å². The highest BCUT2D eigenvalue weighted by molar-refractivity contribution is 6.02. The lowest BCUT2D eigenvalue weighted by molar-refractivity contribution is -0.301. The molecular formula is C44H56F2O10. The summed E-state index contributed by atoms with van der Waals surface area (Å²) in [5.41, 5.74) is -11.8. The molecule has 0 radical (unpaired) electrons. The highest BCUT2D eigenvalue weighted by Gasteiger charge is 2.77. The van der Waals surface area contributed by atoms with Crippen molar-refractivity contribution in [3.8, 4) is 0 Å². The maximum absolute atomic E-state index is 17.5. The van der Waals surface area contributed by atoms with Crippen LogP contribution in [0.1, 0.15) is 92.4 Å². The molecule has 6 saturated carbocycles. The fourth-order valence-corrected chi connectivity index (χ4v) is 14.6. The van der Waals surface area contributed by atoms with Crippen LogP contribution in [0, 0.1) is 57.2 Å². The molecule has 8 aliphatic rings. The SMILES string of the molecule is CC1CC2C3CCC4=CC(=O)C=CC4(C)C3(F)C(O)CC2(C=O)C1(O)CCOOCC(=O)C1(O)C(C)CC2C3CCC4=CC(=O)C=CC4(C)C3(F)C(O)CC21C. The molecule has 16 unspecified atom stereocenters. The second kappa shape index (κ2) is 12.6. The van der Waals surface area contributed by atoms with Crippen LogP contribution in [0.2, 0.25) is 0 Å². The molecule has 0 saturated heterocycles. The van der Waals surface area contributed by atoms with E-state index in [4.69, 9.17) is 9.78 Å². The van der Waals surface area contributed by atoms with Crippen LogP contribution in [-0.2, 0) is 29.0 Å². The van der Waals surface area contributed by atoms with Crippen LogP contribution in [0.15, 0.2) is 47.6 Å². The largest absolute Gasteiger partial charge is 0.390 e. The van der Waals surface area contributed by atoms with Crippen LogP contribution >= 0.6 is 0 Å². The number of alkyl halides is 2. The van der Waals surface area contributed by atoms with Crippen molar-refractivity contribution in [2.45, 2.75) is 127 Å². The van der Waals surface area contributed by atoms with Crippen molar-refractivity contribution in [3.05, 3.63) is 47.6 Å². The zero-order chi connectivity index (χ0) is 40.6. The van der Waals surface area contributed by atoms with Crippen molar-refractivity contribution in [1.82, 2.24) is 0 Å². The molecule has 0 heterocycles. The topological polar surface area (TPSA) is 168 Å². The quantitative estimate of drug-likeness (QED) is 0.117. The smallest absolute Gasteiger partial charge is 0.194 e. The van der Waals surface area contributed by atoms with Crippen molar-refractivity contribution in [2.75, 3.05) is 13.2 Å². The molecule has 0 spiro atoms. The van der Waals surface area contributed by atoms with Crippen LogP contribution < -0.4 is 0 Å². The number of allylic oxidation sites excluding steroid dienone is 8. The van der Waals surface area contributed by atoms with Gasteiger partial charge in [0, 0.05) is 34.5 Å². The minimum absolute atomic E-state index is 0.116. The van der Waals surface area contributed by atoms with Gasteiger partial charge in [-0.1, -0.05) is 44.1 Å². The second-order valence-corrected chi connectivity index (χ2v) is 19.5. The van der Waals surface area contributed by atoms with E-state index in [0.29, 0.717) is 56.0 Å². The predicted octanol–water partition coefficient (Wildman–Crippen LogP) is 4.77. The Bertz CT molecular complexity index is 1880. The molecule has 6 fully saturated rings. The number of aldehydes is 1. The molecule has 306 valence electrons. The third kappa shape index (κ3) is 4.63. The molecule has 0 aromatic heterocycles. The van der Waals surface area contributed by atoms with Gasteiger partial charge in [-0.15, -0.1) is 0 Å². The van der Waals surface area contributed by atoms with Crippen LogP contribution in [-0.4, -0.2) is 92.0 Å². The Labute approximate surface area is 326 Å². The van der Waals surface area contributed by atoms with Gasteiger partial charge in [-0.25, -0.2) is 18.6 Å². The van der Waals surface area contributed by atoms with Crippen molar-refractivity contribution >= 4 is 23.6 Å². The lowest BCUT2D eigenvalue weighted by Crippen LogP contribution is -2.69. The van der Waals surface area contributed by atoms with Crippen molar-refractivity contribution < 1.29 is 58.2 Å². The molecule has 12 heteroatoms. The Balaban J connectivity index is 0.950. The average Bonchev–Trinajstić information content (AvgIpc) is 3.48. The van der Waals surface area contributed by atoms with E-state index in [0.717, 1.165) is 0 Å². The Hall–Kier alpha value is -2.74. The molecular weight excluding hydrogens is 726 g/mol. The minimum atomic E-state index is -2.16. The number of aliphatic hydroxyl groups excluding tert-OH is 2. The van der Waals surface area contributed by atoms with Gasteiger partial charge in [-0.2, -0.15) is 0 Å². The van der Waals surface area contributed by atoms with E-state index in [9.17, 15) is 39.6 Å². The maximum atomic E-state index is 17.5. The summed E-state index contributed by atoms with van der Waals surface area (Å²) in [6.07, 6.45) is 7.86. The molecule has 0 amide bonds. The first-order chi connectivity index (χ1) is 26.2. The molecule has 8 aliphatic carbocycles. The lowest BCUT2D eigenvalue weighted by Gasteiger charge is -2.62. The first-order valence-electron chi connectivity index (χ1n) is 20.5. The predicted molar refractivity (Wildman–Crippen MR) is 198 cm³/mol. The molecule has 0 bridgehead atoms. The Morgan fingerprint density at radius 2 is 1.32 bits per heavy atom. The molecule has 0 aliphatic heterocycles. The second-order valence-electron chi connectivity index (χ2n) is 19.5. The van der Waals surface area contributed by atoms with Crippen LogP contribution in [0.3, 0.4) is 0 Å². The minimum Gasteiger partial charge on any atom is -0.390 e. The third-order valence-electron chi connectivity index (χ3n) is 17.7. The summed E-state index contributed by atoms with van der Waals surface area (Å²) in [7, 11) is 0. The summed E-state index contributed by atoms with van der Waals surface area (Å²) in [5.74, 6) is -4.68. The molecule has 0 aromatic rings. The summed E-state index contributed by atoms with van der Waals surface area (Å²) >= 11 is 0. The summed E-state index contributed by atoms with van der Waals surface area (Å²) < 4.78 is 35.1. The lowest BCUT2D eigenvalue weighted by atomic mass is 9.44. The summed E-state index contributed by atoms with van der Waals surface area (Å²) in [6.45, 7) is 7.77. The summed E-state index contributed by atoms with van der Waals surface area (Å²) in [4.78, 5) is 62.4. The van der Waals surface area contributed by atoms with Gasteiger partial charge in [0.2, 0.25) is 0 Å². The number of carbonyl (C=O) groups is 4. The zero-order valence-corrected chi connectivity index (χ0v) is 32.9. The average molecular weight is 783 g/mol. The maximum Gasteiger partial charge on any atom is 0.194 e. The molecule has 0 aromatic carbocycles. The van der Waals surface area contributed by atoms with E-state index < -0.39 is 104 Å². The number of hydrogen-bond acceptors (Lipinski definition) is 10. The Kier molecular flexibility index (Phi) is 9.04. The number of carbonyl (C=O) groups excluding carboxylic acids is 4. The van der Waals surface area contributed by atoms with Gasteiger partial charge < -0.3 is 25.2 Å². The first-order valence-corrected chi connectivity index (χ1v) is 20.5. The van der Waals surface area contributed by atoms with Gasteiger partial charge in [0.25, 0.3) is 0 Å². The molecule has 8 rings (SSSR count). The number of aliphatic hydroxyl groups is 4. The van der Waals surface area contributed by atoms with Gasteiger partial charge >= 0.3 is 0 Å². The van der Waals surface area contributed by atoms with Crippen LogP contribution in [0.5, 0.6) is 0 Å². The van der Waals surface area contributed by atoms with Gasteiger partial charge in [0.05, 0.1) is 29.8 Å². The monoisotopic (exact) mass is 782 g/mol. The number of rotatable bonds is 8. The Morgan fingerprint density at radius 1 is 0.804 bits per heavy atom. The van der Waals surface area contributed by atoms with Crippen LogP contribution in [0.4, 0.5) is 8.78 Å². The number of Topliss-reactive ketones (excluding diaryl/α,β-unsaturated/α-hetero) is 1. The van der Waals surface area contributed by atoms with E-state index in [1.54, 1.807) is 46.8 Å². The normalized spacial score (nSPS) is 52.8. The number of hydrogen-bond donors (Lipinski definition) is 4. The number of halogens is 2. The standard InChI is InChI=1S/C44H56F2O10/c1-24-16-33-31-9-7-27-19-29(49)11-13-38(27,4)43(31,46)35(51)21-40(33,23-47)41(24,53)14-15-55-56-22-36(52)44(54)25(2)17-32-30-8-6-26-18-28(48)10-12-37(26,3)42(30,45)34(50)20-39(32,44)5/h10-13,18-19,23-25,30-35,50-51,53-54H,6-9,14-17,20-22H2,1-5H3. The third-order valence-corrected chi connectivity index (χ3v) is 17.7. The van der Waals surface area contributed by atoms with Crippen molar-refractivity contribution in [3.63, 3.8) is 0 Å². The summed E-state index contributed by atoms with van der Waals surface area (Å²) in [6, 6.07) is 0. The number of fused-ring (bicyclic) bond motifs is 10. The molecule has 10 nitrogen and oxygen atoms in total. The van der Waals surface area contributed by atoms with Gasteiger partial charge in [0.15, 0.2) is 28.7 Å². The van der Waals surface area contributed by atoms with E-state index in [1.807, 2.05) is 0 Å². The molecule has 4 N–H and O–H groups in total. The molecule has 56 heavy (non-hydrogen) atoms. The van der Waals surface area contributed by atoms with Gasteiger partial charge in [-0.05, 0) is 113 Å². The fourth-order valence-electron chi connectivity index (χ4n) is 14.6. The molecule has 16 atom stereocenters. The van der Waals surface area contributed by atoms with E-state index >= 15 is 8.78 Å². The van der Waals surface area contributed by atoms with Crippen LogP contribution in [0.25, 0.3) is 0 Å². The van der Waals surface area contributed by atoms with Gasteiger partial charge in [0.1, 0.15) is 18.5 Å². The highest BCUT2D eigenvalue weighted by atomic mass is 19.1. The van der Waals surface area contributed by atoms with Crippen molar-refractivity contribution in [2.24, 2.45) is 57.2 Å². The van der Waals surface area contributed by atoms with E-state index in [1.165, 1.54) is 24.3 Å². The number of ketones is 3. The zero-order valence-electron chi connectivity index (χ0n) is 32.9. The first kappa shape index (κ1) is 40.1. The highest BCUT2D eigenvalue weighted by Crippen LogP contribution is 2.72. The van der Waals surface area contributed by atoms with Crippen molar-refractivity contribution in [1.29, 1.82) is 0 Å². The van der Waals surface area contributed by atoms with Gasteiger partial charge in [-0.3, -0.25) is 14.4 Å². The fraction of sp³-hybridized carbons (Fsp3) is 0.727. The summed E-state index contributed by atoms with van der Waals surface area (Å²) in [5, 5.41) is 47.9.